The number of aromatic nitrogens is 4. The third-order valence-corrected chi connectivity index (χ3v) is 7.13. The van der Waals surface area contributed by atoms with E-state index in [2.05, 4.69) is 25.3 Å². The molecule has 4 rings (SSSR count). The zero-order valence-electron chi connectivity index (χ0n) is 16.5. The Hall–Kier alpha value is -2.95. The van der Waals surface area contributed by atoms with Crippen LogP contribution in [0.4, 0.5) is 0 Å². The van der Waals surface area contributed by atoms with E-state index in [1.165, 1.54) is 0 Å². The number of nitriles is 2. The Morgan fingerprint density at radius 1 is 1.23 bits per heavy atom. The van der Waals surface area contributed by atoms with Crippen molar-refractivity contribution in [3.05, 3.63) is 24.3 Å². The van der Waals surface area contributed by atoms with Crippen LogP contribution in [-0.4, -0.2) is 33.7 Å². The van der Waals surface area contributed by atoms with Crippen molar-refractivity contribution in [2.75, 3.05) is 5.75 Å². The highest BCUT2D eigenvalue weighted by molar-refractivity contribution is 7.89. The minimum atomic E-state index is -3.56. The zero-order chi connectivity index (χ0) is 21.1. The van der Waals surface area contributed by atoms with Crippen molar-refractivity contribution in [2.24, 2.45) is 5.92 Å². The molecule has 1 fully saturated rings. The third kappa shape index (κ3) is 4.02. The Labute approximate surface area is 174 Å². The molecule has 3 heterocycles. The van der Waals surface area contributed by atoms with Crippen LogP contribution in [0.5, 0.6) is 0 Å². The van der Waals surface area contributed by atoms with Crippen molar-refractivity contribution in [3.8, 4) is 12.1 Å². The van der Waals surface area contributed by atoms with Gasteiger partial charge in [-0.25, -0.2) is 23.1 Å². The van der Waals surface area contributed by atoms with Crippen LogP contribution in [0.15, 0.2) is 18.5 Å². The average molecular weight is 426 g/mol. The predicted octanol–water partition coefficient (Wildman–Crippen LogP) is 2.89. The lowest BCUT2D eigenvalue weighted by Gasteiger charge is -2.30. The highest BCUT2D eigenvalue weighted by atomic mass is 32.2. The maximum atomic E-state index is 12.2. The van der Waals surface area contributed by atoms with E-state index >= 15 is 0 Å². The van der Waals surface area contributed by atoms with Crippen molar-refractivity contribution >= 4 is 32.1 Å². The lowest BCUT2D eigenvalue weighted by atomic mass is 9.84. The van der Waals surface area contributed by atoms with Gasteiger partial charge in [-0.1, -0.05) is 0 Å². The van der Waals surface area contributed by atoms with E-state index < -0.39 is 10.0 Å². The molecule has 3 aromatic heterocycles. The van der Waals surface area contributed by atoms with Gasteiger partial charge in [-0.05, 0) is 37.7 Å². The average Bonchev–Trinajstić information content (AvgIpc) is 3.35. The lowest BCUT2D eigenvalue weighted by molar-refractivity contribution is 0.277. The molecule has 0 saturated heterocycles. The van der Waals surface area contributed by atoms with Crippen molar-refractivity contribution in [3.63, 3.8) is 0 Å². The van der Waals surface area contributed by atoms with Crippen molar-refractivity contribution in [1.82, 2.24) is 24.2 Å². The zero-order valence-corrected chi connectivity index (χ0v) is 17.3. The van der Waals surface area contributed by atoms with E-state index in [0.717, 1.165) is 47.8 Å². The minimum Gasteiger partial charge on any atom is -0.346 e. The van der Waals surface area contributed by atoms with E-state index in [0.29, 0.717) is 18.2 Å². The molecule has 0 aromatic carbocycles. The van der Waals surface area contributed by atoms with Crippen LogP contribution in [0.25, 0.3) is 22.1 Å². The summed E-state index contributed by atoms with van der Waals surface area (Å²) in [6.45, 7) is 0.0620. The van der Waals surface area contributed by atoms with Crippen LogP contribution in [0.3, 0.4) is 0 Å². The van der Waals surface area contributed by atoms with Gasteiger partial charge in [0.1, 0.15) is 17.0 Å². The van der Waals surface area contributed by atoms with Crippen LogP contribution in [0.1, 0.15) is 50.4 Å². The fourth-order valence-electron chi connectivity index (χ4n) is 4.32. The highest BCUT2D eigenvalue weighted by Crippen LogP contribution is 2.37. The second-order valence-corrected chi connectivity index (χ2v) is 9.64. The number of nitrogens with zero attached hydrogens (tertiary/aromatic N) is 5. The molecule has 10 heteroatoms. The summed E-state index contributed by atoms with van der Waals surface area (Å²) < 4.78 is 29.2. The normalized spacial score (nSPS) is 19.7. The molecule has 0 atom stereocenters. The van der Waals surface area contributed by atoms with E-state index in [9.17, 15) is 8.42 Å². The van der Waals surface area contributed by atoms with Gasteiger partial charge in [-0.15, -0.1) is 0 Å². The summed E-state index contributed by atoms with van der Waals surface area (Å²) in [7, 11) is -3.56. The molecule has 0 amide bonds. The van der Waals surface area contributed by atoms with E-state index in [1.54, 1.807) is 6.20 Å². The van der Waals surface area contributed by atoms with Crippen LogP contribution < -0.4 is 4.72 Å². The molecule has 30 heavy (non-hydrogen) atoms. The van der Waals surface area contributed by atoms with Gasteiger partial charge >= 0.3 is 0 Å². The van der Waals surface area contributed by atoms with E-state index in [4.69, 9.17) is 15.5 Å². The third-order valence-electron chi connectivity index (χ3n) is 5.80. The van der Waals surface area contributed by atoms with Crippen LogP contribution in [0, 0.1) is 28.6 Å². The van der Waals surface area contributed by atoms with Gasteiger partial charge in [0.25, 0.3) is 0 Å². The number of aromatic amines is 1. The highest BCUT2D eigenvalue weighted by Gasteiger charge is 2.27. The first-order chi connectivity index (χ1) is 14.5. The summed E-state index contributed by atoms with van der Waals surface area (Å²) in [6, 6.07) is 6.28. The Morgan fingerprint density at radius 3 is 2.77 bits per heavy atom. The molecule has 1 aliphatic carbocycles. The van der Waals surface area contributed by atoms with Gasteiger partial charge in [0, 0.05) is 24.0 Å². The molecule has 9 nitrogen and oxygen atoms in total. The van der Waals surface area contributed by atoms with Crippen molar-refractivity contribution < 1.29 is 8.42 Å². The second-order valence-electron chi connectivity index (χ2n) is 7.71. The second kappa shape index (κ2) is 8.42. The molecule has 1 aliphatic rings. The Kier molecular flexibility index (Phi) is 5.71. The van der Waals surface area contributed by atoms with Gasteiger partial charge in [0.05, 0.1) is 42.6 Å². The molecule has 156 valence electrons. The van der Waals surface area contributed by atoms with Gasteiger partial charge in [0.15, 0.2) is 0 Å². The first kappa shape index (κ1) is 20.3. The molecule has 0 spiro atoms. The standard InChI is InChI=1S/C20H23N7O2S/c21-8-1-11-30(28,29)25-13-18-26-17-12-24-20-16(7-10-23-20)19(17)27(18)15-4-2-14(3-5-15)6-9-22/h7,10,12,14-15,25H,1-6,11,13H2,(H,23,24). The molecule has 2 N–H and O–H groups in total. The number of pyridine rings is 1. The van der Waals surface area contributed by atoms with Gasteiger partial charge in [-0.3, -0.25) is 0 Å². The van der Waals surface area contributed by atoms with E-state index in [-0.39, 0.29) is 24.8 Å². The molecule has 1 saturated carbocycles. The number of imidazole rings is 1. The summed E-state index contributed by atoms with van der Waals surface area (Å²) in [5.74, 6) is 0.833. The first-order valence-corrected chi connectivity index (χ1v) is 11.7. The molecular formula is C20H23N7O2S. The number of fused-ring (bicyclic) bond motifs is 3. The number of rotatable bonds is 7. The Bertz CT molecular complexity index is 1240. The monoisotopic (exact) mass is 425 g/mol. The fourth-order valence-corrected chi connectivity index (χ4v) is 5.17. The van der Waals surface area contributed by atoms with Crippen LogP contribution >= 0.6 is 0 Å². The summed E-state index contributed by atoms with van der Waals surface area (Å²) in [6.07, 6.45) is 7.83. The van der Waals surface area contributed by atoms with Gasteiger partial charge in [0.2, 0.25) is 10.0 Å². The van der Waals surface area contributed by atoms with Gasteiger partial charge in [-0.2, -0.15) is 10.5 Å². The van der Waals surface area contributed by atoms with Crippen molar-refractivity contribution in [1.29, 1.82) is 10.5 Å². The SMILES string of the molecule is N#CCCS(=O)(=O)NCc1nc2cnc3[nH]ccc3c2n1C1CCC(CC#N)CC1. The quantitative estimate of drug-likeness (QED) is 0.596. The molecule has 3 aromatic rings. The molecule has 0 aliphatic heterocycles. The maximum Gasteiger partial charge on any atom is 0.213 e. The number of nitrogens with one attached hydrogen (secondary N) is 2. The molecule has 0 radical (unpaired) electrons. The lowest BCUT2D eigenvalue weighted by Crippen LogP contribution is -2.28. The van der Waals surface area contributed by atoms with Crippen LogP contribution in [-0.2, 0) is 16.6 Å². The number of H-pyrrole nitrogens is 1. The maximum absolute atomic E-state index is 12.2. The molecule has 0 unspecified atom stereocenters. The Balaban J connectivity index is 1.70. The summed E-state index contributed by atoms with van der Waals surface area (Å²) in [4.78, 5) is 12.2. The fraction of sp³-hybridized carbons (Fsp3) is 0.500. The first-order valence-electron chi connectivity index (χ1n) is 10.1. The number of hydrogen-bond donors (Lipinski definition) is 2. The minimum absolute atomic E-state index is 0.0530. The number of sulfonamides is 1. The Morgan fingerprint density at radius 2 is 2.03 bits per heavy atom. The molecule has 0 bridgehead atoms. The largest absolute Gasteiger partial charge is 0.346 e. The van der Waals surface area contributed by atoms with E-state index in [1.807, 2.05) is 18.3 Å². The van der Waals surface area contributed by atoms with Crippen molar-refractivity contribution in [2.45, 2.75) is 51.1 Å². The topological polar surface area (TPSA) is 140 Å². The van der Waals surface area contributed by atoms with Crippen LogP contribution in [0.2, 0.25) is 0 Å². The summed E-state index contributed by atoms with van der Waals surface area (Å²) in [5.41, 5.74) is 2.45. The predicted molar refractivity (Wildman–Crippen MR) is 111 cm³/mol. The number of hydrogen-bond acceptors (Lipinski definition) is 6. The summed E-state index contributed by atoms with van der Waals surface area (Å²) >= 11 is 0. The molecular weight excluding hydrogens is 402 g/mol. The summed E-state index contributed by atoms with van der Waals surface area (Å²) in [5, 5.41) is 18.6. The van der Waals surface area contributed by atoms with Gasteiger partial charge < -0.3 is 9.55 Å². The smallest absolute Gasteiger partial charge is 0.213 e.